The quantitative estimate of drug-likeness (QED) is 0.693. The van der Waals surface area contributed by atoms with Gasteiger partial charge >= 0.3 is 0 Å². The summed E-state index contributed by atoms with van der Waals surface area (Å²) >= 11 is 5.44. The molecule has 1 aromatic heterocycles. The Balaban J connectivity index is 3.02. The van der Waals surface area contributed by atoms with E-state index < -0.39 is 0 Å². The average molecular weight is 172 g/mol. The molecule has 0 aliphatic rings. The number of hydrogen-bond donors (Lipinski definition) is 1. The Kier molecular flexibility index (Phi) is 2.65. The molecule has 0 saturated carbocycles. The van der Waals surface area contributed by atoms with Gasteiger partial charge in [-0.25, -0.2) is 9.97 Å². The van der Waals surface area contributed by atoms with E-state index >= 15 is 0 Å². The first kappa shape index (κ1) is 8.27. The molecule has 1 heterocycles. The Morgan fingerprint density at radius 2 is 2.27 bits per heavy atom. The molecule has 0 amide bonds. The van der Waals surface area contributed by atoms with E-state index in [0.29, 0.717) is 11.7 Å². The van der Waals surface area contributed by atoms with Crippen molar-refractivity contribution in [1.29, 1.82) is 0 Å². The maximum Gasteiger partial charge on any atom is 0.147 e. The summed E-state index contributed by atoms with van der Waals surface area (Å²) in [5.41, 5.74) is 1.03. The summed E-state index contributed by atoms with van der Waals surface area (Å²) in [4.78, 5) is 10.4. The molecular weight excluding hydrogens is 162 g/mol. The van der Waals surface area contributed by atoms with Crippen LogP contribution in [-0.2, 0) is 0 Å². The van der Waals surface area contributed by atoms with Crippen molar-refractivity contribution in [2.75, 3.05) is 4.84 Å². The van der Waals surface area contributed by atoms with E-state index in [2.05, 4.69) is 28.7 Å². The predicted octanol–water partition coefficient (Wildman–Crippen LogP) is 2.17. The van der Waals surface area contributed by atoms with Crippen molar-refractivity contribution in [2.24, 2.45) is 0 Å². The number of nitrogens with zero attached hydrogens (tertiary/aromatic N) is 2. The zero-order chi connectivity index (χ0) is 8.27. The third-order valence-corrected chi connectivity index (χ3v) is 1.63. The summed E-state index contributed by atoms with van der Waals surface area (Å²) in [5.74, 6) is 1.08. The molecule has 0 unspecified atom stereocenters. The SMILES string of the molecule is CC(C)c1cncnc1NCl. The van der Waals surface area contributed by atoms with Crippen LogP contribution in [0.3, 0.4) is 0 Å². The topological polar surface area (TPSA) is 37.8 Å². The van der Waals surface area contributed by atoms with E-state index in [1.165, 1.54) is 6.33 Å². The number of halogens is 1. The average Bonchev–Trinajstić information content (AvgIpc) is 2.04. The summed E-state index contributed by atoms with van der Waals surface area (Å²) in [7, 11) is 0. The molecule has 0 aromatic carbocycles. The van der Waals surface area contributed by atoms with Crippen LogP contribution >= 0.6 is 11.8 Å². The lowest BCUT2D eigenvalue weighted by molar-refractivity contribution is 0.851. The highest BCUT2D eigenvalue weighted by Gasteiger charge is 2.05. The lowest BCUT2D eigenvalue weighted by Gasteiger charge is -2.07. The molecule has 0 fully saturated rings. The number of anilines is 1. The van der Waals surface area contributed by atoms with Crippen molar-refractivity contribution >= 4 is 17.6 Å². The Morgan fingerprint density at radius 1 is 1.55 bits per heavy atom. The van der Waals surface area contributed by atoms with Gasteiger partial charge in [-0.05, 0) is 5.92 Å². The summed E-state index contributed by atoms with van der Waals surface area (Å²) in [6, 6.07) is 0. The van der Waals surface area contributed by atoms with E-state index in [1.54, 1.807) is 6.20 Å². The number of rotatable bonds is 2. The van der Waals surface area contributed by atoms with Crippen LogP contribution in [-0.4, -0.2) is 9.97 Å². The fourth-order valence-corrected chi connectivity index (χ4v) is 1.000. The molecule has 11 heavy (non-hydrogen) atoms. The zero-order valence-corrected chi connectivity index (χ0v) is 7.26. The first-order valence-corrected chi connectivity index (χ1v) is 3.80. The largest absolute Gasteiger partial charge is 0.282 e. The summed E-state index contributed by atoms with van der Waals surface area (Å²) in [5, 5.41) is 0. The molecule has 0 bridgehead atoms. The Morgan fingerprint density at radius 3 is 2.73 bits per heavy atom. The summed E-state index contributed by atoms with van der Waals surface area (Å²) in [6.45, 7) is 4.13. The first-order valence-electron chi connectivity index (χ1n) is 3.42. The summed E-state index contributed by atoms with van der Waals surface area (Å²) in [6.07, 6.45) is 3.24. The van der Waals surface area contributed by atoms with Crippen LogP contribution < -0.4 is 4.84 Å². The predicted molar refractivity (Wildman–Crippen MR) is 45.6 cm³/mol. The van der Waals surface area contributed by atoms with Crippen molar-refractivity contribution in [2.45, 2.75) is 19.8 Å². The monoisotopic (exact) mass is 171 g/mol. The minimum absolute atomic E-state index is 0.387. The normalized spacial score (nSPS) is 10.2. The molecule has 0 spiro atoms. The third kappa shape index (κ3) is 1.80. The van der Waals surface area contributed by atoms with Gasteiger partial charge in [-0.15, -0.1) is 0 Å². The number of nitrogens with one attached hydrogen (secondary N) is 1. The smallest absolute Gasteiger partial charge is 0.147 e. The number of aromatic nitrogens is 2. The highest BCUT2D eigenvalue weighted by Crippen LogP contribution is 2.20. The molecule has 1 rings (SSSR count). The van der Waals surface area contributed by atoms with Crippen molar-refractivity contribution in [3.8, 4) is 0 Å². The van der Waals surface area contributed by atoms with Crippen LogP contribution in [0, 0.1) is 0 Å². The van der Waals surface area contributed by atoms with Gasteiger partial charge in [0, 0.05) is 23.5 Å². The van der Waals surface area contributed by atoms with Crippen molar-refractivity contribution in [1.82, 2.24) is 9.97 Å². The lowest BCUT2D eigenvalue weighted by Crippen LogP contribution is -1.97. The molecule has 4 heteroatoms. The molecule has 1 N–H and O–H groups in total. The molecule has 60 valence electrons. The van der Waals surface area contributed by atoms with E-state index in [4.69, 9.17) is 11.8 Å². The van der Waals surface area contributed by atoms with Crippen molar-refractivity contribution in [3.63, 3.8) is 0 Å². The second-order valence-electron chi connectivity index (χ2n) is 2.58. The molecule has 0 atom stereocenters. The molecule has 0 aliphatic heterocycles. The van der Waals surface area contributed by atoms with E-state index in [0.717, 1.165) is 5.56 Å². The Hall–Kier alpha value is -0.830. The third-order valence-electron chi connectivity index (χ3n) is 1.45. The highest BCUT2D eigenvalue weighted by atomic mass is 35.5. The fraction of sp³-hybridized carbons (Fsp3) is 0.429. The summed E-state index contributed by atoms with van der Waals surface area (Å²) < 4.78 is 0. The maximum atomic E-state index is 5.44. The zero-order valence-electron chi connectivity index (χ0n) is 6.50. The van der Waals surface area contributed by atoms with Gasteiger partial charge in [-0.2, -0.15) is 0 Å². The van der Waals surface area contributed by atoms with Gasteiger partial charge in [0.1, 0.15) is 12.1 Å². The van der Waals surface area contributed by atoms with E-state index in [9.17, 15) is 0 Å². The van der Waals surface area contributed by atoms with Crippen LogP contribution in [0.25, 0.3) is 0 Å². The van der Waals surface area contributed by atoms with Gasteiger partial charge < -0.3 is 0 Å². The maximum absolute atomic E-state index is 5.44. The second-order valence-corrected chi connectivity index (χ2v) is 2.76. The second kappa shape index (κ2) is 3.53. The lowest BCUT2D eigenvalue weighted by atomic mass is 10.1. The van der Waals surface area contributed by atoms with Gasteiger partial charge in [-0.3, -0.25) is 4.84 Å². The van der Waals surface area contributed by atoms with Gasteiger partial charge in [0.2, 0.25) is 0 Å². The molecule has 0 saturated heterocycles. The van der Waals surface area contributed by atoms with Crippen molar-refractivity contribution < 1.29 is 0 Å². The minimum Gasteiger partial charge on any atom is -0.282 e. The number of hydrogen-bond acceptors (Lipinski definition) is 3. The molecule has 0 aliphatic carbocycles. The van der Waals surface area contributed by atoms with Gasteiger partial charge in [0.25, 0.3) is 0 Å². The van der Waals surface area contributed by atoms with Gasteiger partial charge in [0.15, 0.2) is 0 Å². The van der Waals surface area contributed by atoms with Crippen LogP contribution in [0.15, 0.2) is 12.5 Å². The first-order chi connectivity index (χ1) is 5.25. The molecule has 1 aromatic rings. The van der Waals surface area contributed by atoms with Crippen LogP contribution in [0.4, 0.5) is 5.82 Å². The highest BCUT2D eigenvalue weighted by molar-refractivity contribution is 6.23. The Bertz CT molecular complexity index is 237. The molecule has 0 radical (unpaired) electrons. The van der Waals surface area contributed by atoms with Crippen LogP contribution in [0.5, 0.6) is 0 Å². The van der Waals surface area contributed by atoms with Crippen LogP contribution in [0.1, 0.15) is 25.3 Å². The van der Waals surface area contributed by atoms with E-state index in [-0.39, 0.29) is 0 Å². The Labute approximate surface area is 70.9 Å². The van der Waals surface area contributed by atoms with E-state index in [1.807, 2.05) is 0 Å². The van der Waals surface area contributed by atoms with Gasteiger partial charge in [0.05, 0.1) is 0 Å². The molecular formula is C7H10ClN3. The minimum atomic E-state index is 0.387. The standard InChI is InChI=1S/C7H10ClN3/c1-5(2)6-3-9-4-10-7(6)11-8/h3-5H,1-2H3,(H,9,10,11). The van der Waals surface area contributed by atoms with Crippen molar-refractivity contribution in [3.05, 3.63) is 18.1 Å². The van der Waals surface area contributed by atoms with Crippen LogP contribution in [0.2, 0.25) is 0 Å². The fourth-order valence-electron chi connectivity index (χ4n) is 0.842. The van der Waals surface area contributed by atoms with Gasteiger partial charge in [-0.1, -0.05) is 13.8 Å². The molecule has 3 nitrogen and oxygen atoms in total.